The Morgan fingerprint density at radius 3 is 2.78 bits per heavy atom. The van der Waals surface area contributed by atoms with Crippen molar-refractivity contribution in [2.24, 2.45) is 0 Å². The molecule has 3 rings (SSSR count). The second-order valence-electron chi connectivity index (χ2n) is 5.77. The third kappa shape index (κ3) is 4.59. The van der Waals surface area contributed by atoms with Crippen molar-refractivity contribution in [3.05, 3.63) is 46.5 Å². The van der Waals surface area contributed by atoms with Crippen LogP contribution in [0.2, 0.25) is 0 Å². The minimum absolute atomic E-state index is 0.109. The van der Waals surface area contributed by atoms with Gasteiger partial charge in [-0.2, -0.15) is 0 Å². The lowest BCUT2D eigenvalue weighted by atomic mass is 10.1. The van der Waals surface area contributed by atoms with Crippen LogP contribution >= 0.6 is 11.3 Å². The average molecular weight is 333 g/mol. The zero-order valence-electron chi connectivity index (χ0n) is 13.2. The number of carbonyl (C=O) groups is 1. The maximum Gasteiger partial charge on any atom is 0.315 e. The molecule has 2 aromatic heterocycles. The molecule has 23 heavy (non-hydrogen) atoms. The number of hydrogen-bond donors (Lipinski definition) is 2. The van der Waals surface area contributed by atoms with Crippen molar-refractivity contribution in [3.63, 3.8) is 0 Å². The van der Waals surface area contributed by atoms with Crippen LogP contribution in [0.3, 0.4) is 0 Å². The van der Waals surface area contributed by atoms with Gasteiger partial charge in [-0.1, -0.05) is 12.5 Å². The van der Waals surface area contributed by atoms with Gasteiger partial charge in [0.05, 0.1) is 18.8 Å². The molecule has 1 aliphatic heterocycles. The van der Waals surface area contributed by atoms with E-state index in [0.29, 0.717) is 13.1 Å². The van der Waals surface area contributed by atoms with E-state index in [1.807, 2.05) is 29.6 Å². The van der Waals surface area contributed by atoms with Crippen molar-refractivity contribution >= 4 is 17.4 Å². The van der Waals surface area contributed by atoms with E-state index in [4.69, 9.17) is 4.42 Å². The molecule has 0 saturated carbocycles. The molecule has 5 nitrogen and oxygen atoms in total. The van der Waals surface area contributed by atoms with Gasteiger partial charge >= 0.3 is 6.03 Å². The number of nitrogens with zero attached hydrogens (tertiary/aromatic N) is 1. The van der Waals surface area contributed by atoms with Gasteiger partial charge in [-0.15, -0.1) is 11.3 Å². The molecule has 0 unspecified atom stereocenters. The molecule has 1 aliphatic rings. The largest absolute Gasteiger partial charge is 0.468 e. The molecule has 124 valence electrons. The van der Waals surface area contributed by atoms with Crippen molar-refractivity contribution in [1.82, 2.24) is 15.5 Å². The van der Waals surface area contributed by atoms with Gasteiger partial charge in [-0.3, -0.25) is 4.90 Å². The summed E-state index contributed by atoms with van der Waals surface area (Å²) in [6.07, 6.45) is 5.41. The van der Waals surface area contributed by atoms with Gasteiger partial charge in [0.15, 0.2) is 0 Å². The lowest BCUT2D eigenvalue weighted by Gasteiger charge is -2.33. The maximum absolute atomic E-state index is 12.0. The molecule has 2 amide bonds. The third-order valence-electron chi connectivity index (χ3n) is 4.16. The lowest BCUT2D eigenvalue weighted by Crippen LogP contribution is -2.43. The van der Waals surface area contributed by atoms with Crippen LogP contribution < -0.4 is 10.6 Å². The quantitative estimate of drug-likeness (QED) is 0.852. The van der Waals surface area contributed by atoms with Crippen LogP contribution in [0, 0.1) is 0 Å². The van der Waals surface area contributed by atoms with Gasteiger partial charge in [-0.05, 0) is 49.5 Å². The Labute approximate surface area is 140 Å². The first kappa shape index (κ1) is 16.1. The summed E-state index contributed by atoms with van der Waals surface area (Å²) in [5.41, 5.74) is 0. The Morgan fingerprint density at radius 2 is 2.09 bits per heavy atom. The van der Waals surface area contributed by atoms with Crippen LogP contribution in [-0.4, -0.2) is 30.6 Å². The highest BCUT2D eigenvalue weighted by Gasteiger charge is 2.24. The SMILES string of the molecule is O=C(NCc1cccs1)NC[C@H](c1ccco1)N1CCCCC1. The fourth-order valence-corrected chi connectivity index (χ4v) is 3.60. The van der Waals surface area contributed by atoms with Crippen molar-refractivity contribution in [2.75, 3.05) is 19.6 Å². The van der Waals surface area contributed by atoms with E-state index in [1.54, 1.807) is 17.6 Å². The van der Waals surface area contributed by atoms with E-state index in [1.165, 1.54) is 19.3 Å². The molecule has 0 spiro atoms. The highest BCUT2D eigenvalue weighted by atomic mass is 32.1. The smallest absolute Gasteiger partial charge is 0.315 e. The van der Waals surface area contributed by atoms with E-state index in [2.05, 4.69) is 15.5 Å². The predicted molar refractivity (Wildman–Crippen MR) is 91.4 cm³/mol. The first-order valence-corrected chi connectivity index (χ1v) is 9.02. The van der Waals surface area contributed by atoms with Crippen LogP contribution in [0.15, 0.2) is 40.3 Å². The first-order chi connectivity index (χ1) is 11.3. The molecule has 2 aromatic rings. The minimum atomic E-state index is -0.132. The zero-order valence-corrected chi connectivity index (χ0v) is 14.0. The number of amides is 2. The Balaban J connectivity index is 1.52. The molecule has 1 atom stereocenters. The molecule has 2 N–H and O–H groups in total. The van der Waals surface area contributed by atoms with E-state index >= 15 is 0 Å². The number of carbonyl (C=O) groups excluding carboxylic acids is 1. The monoisotopic (exact) mass is 333 g/mol. The summed E-state index contributed by atoms with van der Waals surface area (Å²) in [6.45, 7) is 3.25. The van der Waals surface area contributed by atoms with Gasteiger partial charge in [-0.25, -0.2) is 4.79 Å². The number of likely N-dealkylation sites (tertiary alicyclic amines) is 1. The van der Waals surface area contributed by atoms with Crippen molar-refractivity contribution in [2.45, 2.75) is 31.8 Å². The number of nitrogens with one attached hydrogen (secondary N) is 2. The molecule has 6 heteroatoms. The average Bonchev–Trinajstić information content (AvgIpc) is 3.28. The van der Waals surface area contributed by atoms with E-state index in [-0.39, 0.29) is 12.1 Å². The van der Waals surface area contributed by atoms with Crippen LogP contribution in [0.5, 0.6) is 0 Å². The van der Waals surface area contributed by atoms with Crippen LogP contribution in [0.1, 0.15) is 35.9 Å². The number of piperidine rings is 1. The molecular formula is C17H23N3O2S. The first-order valence-electron chi connectivity index (χ1n) is 8.14. The summed E-state index contributed by atoms with van der Waals surface area (Å²) in [6, 6.07) is 7.88. The second-order valence-corrected chi connectivity index (χ2v) is 6.80. The molecule has 0 aliphatic carbocycles. The predicted octanol–water partition coefficient (Wildman–Crippen LogP) is 3.37. The van der Waals surface area contributed by atoms with Crippen molar-refractivity contribution in [3.8, 4) is 0 Å². The standard InChI is InChI=1S/C17H23N3O2S/c21-17(18-12-14-6-5-11-23-14)19-13-15(16-7-4-10-22-16)20-8-2-1-3-9-20/h4-7,10-11,15H,1-3,8-9,12-13H2,(H2,18,19,21)/t15-/m1/s1. The molecule has 0 bridgehead atoms. The number of urea groups is 1. The minimum Gasteiger partial charge on any atom is -0.468 e. The van der Waals surface area contributed by atoms with Gasteiger partial charge < -0.3 is 15.1 Å². The third-order valence-corrected chi connectivity index (χ3v) is 5.04. The van der Waals surface area contributed by atoms with Gasteiger partial charge in [0.1, 0.15) is 5.76 Å². The van der Waals surface area contributed by atoms with Gasteiger partial charge in [0.2, 0.25) is 0 Å². The fraction of sp³-hybridized carbons (Fsp3) is 0.471. The Morgan fingerprint density at radius 1 is 1.22 bits per heavy atom. The molecule has 3 heterocycles. The van der Waals surface area contributed by atoms with E-state index in [0.717, 1.165) is 23.7 Å². The normalized spacial score (nSPS) is 16.9. The summed E-state index contributed by atoms with van der Waals surface area (Å²) in [4.78, 5) is 15.6. The molecule has 0 aromatic carbocycles. The zero-order chi connectivity index (χ0) is 15.9. The maximum atomic E-state index is 12.0. The second kappa shape index (κ2) is 8.17. The van der Waals surface area contributed by atoms with Crippen molar-refractivity contribution < 1.29 is 9.21 Å². The summed E-state index contributed by atoms with van der Waals surface area (Å²) in [7, 11) is 0. The summed E-state index contributed by atoms with van der Waals surface area (Å²) in [5, 5.41) is 7.90. The van der Waals surface area contributed by atoms with E-state index < -0.39 is 0 Å². The highest BCUT2D eigenvalue weighted by molar-refractivity contribution is 7.09. The van der Waals surface area contributed by atoms with Crippen LogP contribution in [0.25, 0.3) is 0 Å². The topological polar surface area (TPSA) is 57.5 Å². The molecule has 1 fully saturated rings. The number of furan rings is 1. The summed E-state index contributed by atoms with van der Waals surface area (Å²) in [5.74, 6) is 0.922. The van der Waals surface area contributed by atoms with Crippen molar-refractivity contribution in [1.29, 1.82) is 0 Å². The lowest BCUT2D eigenvalue weighted by molar-refractivity contribution is 0.143. The fourth-order valence-electron chi connectivity index (χ4n) is 2.95. The van der Waals surface area contributed by atoms with Gasteiger partial charge in [0, 0.05) is 11.4 Å². The van der Waals surface area contributed by atoms with Gasteiger partial charge in [0.25, 0.3) is 0 Å². The molecular weight excluding hydrogens is 310 g/mol. The summed E-state index contributed by atoms with van der Waals surface area (Å²) >= 11 is 1.64. The Kier molecular flexibility index (Phi) is 5.71. The van der Waals surface area contributed by atoms with Crippen LogP contribution in [0.4, 0.5) is 4.79 Å². The van der Waals surface area contributed by atoms with E-state index in [9.17, 15) is 4.79 Å². The Bertz CT molecular complexity index is 577. The number of hydrogen-bond acceptors (Lipinski definition) is 4. The highest BCUT2D eigenvalue weighted by Crippen LogP contribution is 2.24. The van der Waals surface area contributed by atoms with Crippen LogP contribution in [-0.2, 0) is 6.54 Å². The summed E-state index contributed by atoms with van der Waals surface area (Å²) < 4.78 is 5.59. The number of thiophene rings is 1. The number of rotatable bonds is 6. The molecule has 1 saturated heterocycles. The Hall–Kier alpha value is -1.79. The molecule has 0 radical (unpaired) electrons.